The molecule has 0 spiro atoms. The summed E-state index contributed by atoms with van der Waals surface area (Å²) in [6.07, 6.45) is 25.4. The van der Waals surface area contributed by atoms with Crippen LogP contribution >= 0.6 is 0 Å². The van der Waals surface area contributed by atoms with Gasteiger partial charge in [0.05, 0.1) is 0 Å². The molecule has 0 unspecified atom stereocenters. The Morgan fingerprint density at radius 3 is 1.50 bits per heavy atom. The van der Waals surface area contributed by atoms with Crippen molar-refractivity contribution in [3.63, 3.8) is 0 Å². The molecule has 0 bridgehead atoms. The number of unbranched alkanes of at least 4 members (excludes halogenated alkanes) is 7. The van der Waals surface area contributed by atoms with Gasteiger partial charge in [-0.15, -0.1) is 0 Å². The number of amides is 1. The van der Waals surface area contributed by atoms with Gasteiger partial charge >= 0.3 is 26.2 Å². The van der Waals surface area contributed by atoms with Crippen molar-refractivity contribution in [3.05, 3.63) is 35.9 Å². The minimum absolute atomic E-state index is 0. The van der Waals surface area contributed by atoms with Gasteiger partial charge in [-0.1, -0.05) is 134 Å². The summed E-state index contributed by atoms with van der Waals surface area (Å²) in [6.45, 7) is 3.04. The zero-order valence-electron chi connectivity index (χ0n) is 19.7. The van der Waals surface area contributed by atoms with E-state index in [0.717, 1.165) is 18.5 Å². The summed E-state index contributed by atoms with van der Waals surface area (Å²) in [5.41, 5.74) is 0.752. The number of nitrogens with one attached hydrogen (secondary N) is 1. The number of benzene rings is 1. The van der Waals surface area contributed by atoms with E-state index in [0.29, 0.717) is 0 Å². The second-order valence-corrected chi connectivity index (χ2v) is 8.63. The average Bonchev–Trinajstić information content (AvgIpc) is 3.52. The number of carbonyl (C=O) groups is 1. The third kappa shape index (κ3) is 18.4. The monoisotopic (exact) mass is 491 g/mol. The molecular formula is C27H47NOZr+2. The van der Waals surface area contributed by atoms with Crippen LogP contribution in [0.3, 0.4) is 0 Å². The molecule has 1 amide bonds. The third-order valence-electron chi connectivity index (χ3n) is 5.85. The van der Waals surface area contributed by atoms with Crippen LogP contribution in [0.25, 0.3) is 0 Å². The fourth-order valence-electron chi connectivity index (χ4n) is 3.92. The Hall–Kier alpha value is -0.427. The number of carbonyl (C=O) groups excluding carboxylic acids is 1. The van der Waals surface area contributed by atoms with Crippen LogP contribution in [0.2, 0.25) is 0 Å². The maximum absolute atomic E-state index is 11.7. The van der Waals surface area contributed by atoms with Crippen molar-refractivity contribution < 1.29 is 31.0 Å². The summed E-state index contributed by atoms with van der Waals surface area (Å²) in [7, 11) is 0. The molecular weight excluding hydrogens is 446 g/mol. The summed E-state index contributed by atoms with van der Waals surface area (Å²) in [6, 6.07) is 9.41. The molecule has 0 radical (unpaired) electrons. The van der Waals surface area contributed by atoms with Crippen LogP contribution in [0.1, 0.15) is 133 Å². The van der Waals surface area contributed by atoms with Crippen molar-refractivity contribution in [3.8, 4) is 0 Å². The van der Waals surface area contributed by atoms with Gasteiger partial charge in [0.15, 0.2) is 0 Å². The van der Waals surface area contributed by atoms with Crippen LogP contribution in [-0.4, -0.2) is 12.5 Å². The van der Waals surface area contributed by atoms with Gasteiger partial charge in [-0.05, 0) is 18.6 Å². The number of hydrogen-bond donors (Lipinski definition) is 1. The Bertz CT molecular complexity index is 444. The molecule has 0 atom stereocenters. The van der Waals surface area contributed by atoms with E-state index in [1.54, 1.807) is 0 Å². The fourth-order valence-corrected chi connectivity index (χ4v) is 3.92. The quantitative estimate of drug-likeness (QED) is 0.326. The van der Waals surface area contributed by atoms with Crippen molar-refractivity contribution in [2.75, 3.05) is 6.54 Å². The predicted molar refractivity (Wildman–Crippen MR) is 128 cm³/mol. The molecule has 2 saturated carbocycles. The minimum Gasteiger partial charge on any atom is -0.352 e. The van der Waals surface area contributed by atoms with Gasteiger partial charge in [-0.2, -0.15) is 0 Å². The molecule has 0 heterocycles. The second-order valence-electron chi connectivity index (χ2n) is 8.63. The van der Waals surface area contributed by atoms with Crippen LogP contribution in [0.4, 0.5) is 0 Å². The van der Waals surface area contributed by atoms with Gasteiger partial charge in [-0.3, -0.25) is 4.79 Å². The van der Waals surface area contributed by atoms with Gasteiger partial charge in [0.1, 0.15) is 0 Å². The summed E-state index contributed by atoms with van der Waals surface area (Å²) in [5.74, 6) is 0.0449. The molecule has 1 aromatic carbocycles. The maximum atomic E-state index is 11.7. The van der Waals surface area contributed by atoms with Crippen LogP contribution in [-0.2, 0) is 26.2 Å². The Labute approximate surface area is 206 Å². The molecule has 2 aliphatic rings. The third-order valence-corrected chi connectivity index (χ3v) is 5.85. The first-order valence-electron chi connectivity index (χ1n) is 12.7. The minimum atomic E-state index is 0. The first-order chi connectivity index (χ1) is 14.3. The molecule has 30 heavy (non-hydrogen) atoms. The van der Waals surface area contributed by atoms with E-state index in [1.165, 1.54) is 109 Å². The molecule has 168 valence electrons. The topological polar surface area (TPSA) is 29.1 Å². The van der Waals surface area contributed by atoms with E-state index in [1.807, 2.05) is 30.3 Å². The van der Waals surface area contributed by atoms with Gasteiger partial charge in [0, 0.05) is 12.1 Å². The molecule has 3 rings (SSSR count). The first kappa shape index (κ1) is 29.6. The van der Waals surface area contributed by atoms with E-state index in [4.69, 9.17) is 0 Å². The van der Waals surface area contributed by atoms with Crippen molar-refractivity contribution in [1.29, 1.82) is 0 Å². The molecule has 1 aromatic rings. The van der Waals surface area contributed by atoms with Gasteiger partial charge in [0.2, 0.25) is 0 Å². The first-order valence-corrected chi connectivity index (χ1v) is 12.7. The van der Waals surface area contributed by atoms with E-state index < -0.39 is 0 Å². The van der Waals surface area contributed by atoms with Crippen molar-refractivity contribution in [2.24, 2.45) is 0 Å². The molecule has 2 fully saturated rings. The molecule has 2 nitrogen and oxygen atoms in total. The SMILES string of the molecule is C1CCCC1.C1CCCC1.CCCCCCCCCCNC(=O)c1ccccc1.[Zr+2]. The Morgan fingerprint density at radius 1 is 0.667 bits per heavy atom. The Kier molecular flexibility index (Phi) is 22.9. The standard InChI is InChI=1S/C17H27NO.2C5H10.Zr/c1-2-3-4-5-6-7-8-12-15-18-17(19)16-13-10-9-11-14-16;2*1-2-4-5-3-1;/h9-11,13-14H,2-8,12,15H2,1H3,(H,18,19);2*1-5H2;/q;;;+2. The van der Waals surface area contributed by atoms with Gasteiger partial charge in [0.25, 0.3) is 5.91 Å². The largest absolute Gasteiger partial charge is 2.00 e. The summed E-state index contributed by atoms with van der Waals surface area (Å²) in [4.78, 5) is 11.7. The van der Waals surface area contributed by atoms with Crippen molar-refractivity contribution in [1.82, 2.24) is 5.32 Å². The van der Waals surface area contributed by atoms with Crippen LogP contribution < -0.4 is 5.32 Å². The van der Waals surface area contributed by atoms with Crippen molar-refractivity contribution in [2.45, 2.75) is 122 Å². The number of hydrogen-bond acceptors (Lipinski definition) is 1. The van der Waals surface area contributed by atoms with Crippen LogP contribution in [0, 0.1) is 0 Å². The zero-order chi connectivity index (χ0) is 20.8. The summed E-state index contributed by atoms with van der Waals surface area (Å²) >= 11 is 0. The second kappa shape index (κ2) is 23.2. The fraction of sp³-hybridized carbons (Fsp3) is 0.741. The predicted octanol–water partition coefficient (Wildman–Crippen LogP) is 8.46. The maximum Gasteiger partial charge on any atom is 2.00 e. The van der Waals surface area contributed by atoms with E-state index >= 15 is 0 Å². The average molecular weight is 493 g/mol. The van der Waals surface area contributed by atoms with E-state index in [9.17, 15) is 4.79 Å². The van der Waals surface area contributed by atoms with Crippen molar-refractivity contribution >= 4 is 5.91 Å². The number of rotatable bonds is 10. The van der Waals surface area contributed by atoms with E-state index in [2.05, 4.69) is 12.2 Å². The van der Waals surface area contributed by atoms with Crippen LogP contribution in [0.5, 0.6) is 0 Å². The molecule has 1 N–H and O–H groups in total. The van der Waals surface area contributed by atoms with Gasteiger partial charge < -0.3 is 5.32 Å². The Balaban J connectivity index is 0.000000617. The van der Waals surface area contributed by atoms with E-state index in [-0.39, 0.29) is 32.1 Å². The zero-order valence-corrected chi connectivity index (χ0v) is 22.2. The molecule has 2 aliphatic carbocycles. The summed E-state index contributed by atoms with van der Waals surface area (Å²) in [5, 5.41) is 2.97. The van der Waals surface area contributed by atoms with Crippen LogP contribution in [0.15, 0.2) is 30.3 Å². The molecule has 0 aromatic heterocycles. The Morgan fingerprint density at radius 2 is 1.07 bits per heavy atom. The normalized spacial score (nSPS) is 14.6. The molecule has 3 heteroatoms. The molecule has 0 aliphatic heterocycles. The smallest absolute Gasteiger partial charge is 0.352 e. The molecule has 0 saturated heterocycles. The van der Waals surface area contributed by atoms with Gasteiger partial charge in [-0.25, -0.2) is 0 Å². The summed E-state index contributed by atoms with van der Waals surface area (Å²) < 4.78 is 0.